The molecule has 0 heterocycles. The number of Topliss-reactive ketones (excluding diaryl/α,β-unsaturated/α-hetero) is 1. The Bertz CT molecular complexity index is 399. The predicted molar refractivity (Wildman–Crippen MR) is 55.6 cm³/mol. The Kier molecular flexibility index (Phi) is 4.02. The number of ether oxygens (including phenoxy) is 1. The molecule has 2 N–H and O–H groups in total. The number of ketones is 1. The summed E-state index contributed by atoms with van der Waals surface area (Å²) in [5.41, 5.74) is 0.269. The fourth-order valence-electron chi connectivity index (χ4n) is 1.25. The second kappa shape index (κ2) is 5.27. The maximum atomic E-state index is 11.6. The second-order valence-corrected chi connectivity index (χ2v) is 3.18. The van der Waals surface area contributed by atoms with Crippen molar-refractivity contribution in [1.82, 2.24) is 0 Å². The van der Waals surface area contributed by atoms with Gasteiger partial charge in [-0.3, -0.25) is 4.79 Å². The Labute approximate surface area is 92.3 Å². The topological polar surface area (TPSA) is 83.8 Å². The van der Waals surface area contributed by atoms with Gasteiger partial charge in [-0.2, -0.15) is 0 Å². The van der Waals surface area contributed by atoms with Crippen LogP contribution in [0.2, 0.25) is 0 Å². The molecule has 0 aliphatic carbocycles. The van der Waals surface area contributed by atoms with Gasteiger partial charge >= 0.3 is 5.97 Å². The fraction of sp³-hybridized carbons (Fsp3) is 0.273. The van der Waals surface area contributed by atoms with Crippen molar-refractivity contribution in [3.05, 3.63) is 29.8 Å². The predicted octanol–water partition coefficient (Wildman–Crippen LogP) is 0.713. The summed E-state index contributed by atoms with van der Waals surface area (Å²) in [4.78, 5) is 22.0. The first kappa shape index (κ1) is 12.2. The molecule has 1 aromatic rings. The lowest BCUT2D eigenvalue weighted by molar-refractivity contribution is -0.146. The summed E-state index contributed by atoms with van der Waals surface area (Å²) in [5.74, 6) is -1.51. The van der Waals surface area contributed by atoms with E-state index in [9.17, 15) is 9.59 Å². The highest BCUT2D eigenvalue weighted by atomic mass is 16.5. The molecule has 0 amide bonds. The van der Waals surface area contributed by atoms with E-state index in [4.69, 9.17) is 14.9 Å². The number of aliphatic hydroxyl groups excluding tert-OH is 1. The van der Waals surface area contributed by atoms with Crippen LogP contribution in [0.5, 0.6) is 5.75 Å². The van der Waals surface area contributed by atoms with Crippen molar-refractivity contribution in [3.8, 4) is 5.75 Å². The number of carboxylic acid groups (broad SMARTS) is 1. The van der Waals surface area contributed by atoms with Gasteiger partial charge in [0.25, 0.3) is 0 Å². The van der Waals surface area contributed by atoms with Gasteiger partial charge in [0.05, 0.1) is 12.7 Å². The summed E-state index contributed by atoms with van der Waals surface area (Å²) < 4.78 is 4.96. The van der Waals surface area contributed by atoms with Crippen molar-refractivity contribution in [2.45, 2.75) is 12.5 Å². The lowest BCUT2D eigenvalue weighted by Crippen LogP contribution is -2.23. The number of para-hydroxylation sites is 1. The molecule has 1 aromatic carbocycles. The molecule has 0 radical (unpaired) electrons. The number of hydrogen-bond donors (Lipinski definition) is 2. The number of aliphatic carboxylic acids is 1. The van der Waals surface area contributed by atoms with Gasteiger partial charge in [-0.25, -0.2) is 4.79 Å². The third-order valence-corrected chi connectivity index (χ3v) is 2.07. The molecule has 0 aliphatic heterocycles. The highest BCUT2D eigenvalue weighted by Crippen LogP contribution is 2.19. The van der Waals surface area contributed by atoms with Gasteiger partial charge in [-0.15, -0.1) is 0 Å². The quantitative estimate of drug-likeness (QED) is 0.720. The van der Waals surface area contributed by atoms with E-state index in [0.29, 0.717) is 5.75 Å². The highest BCUT2D eigenvalue weighted by molar-refractivity contribution is 6.00. The molecule has 0 saturated carbocycles. The molecule has 0 spiro atoms. The van der Waals surface area contributed by atoms with E-state index in [0.717, 1.165) is 0 Å². The van der Waals surface area contributed by atoms with Crippen molar-refractivity contribution in [1.29, 1.82) is 0 Å². The minimum absolute atomic E-state index is 0.269. The summed E-state index contributed by atoms with van der Waals surface area (Å²) in [7, 11) is 1.42. The number of carboxylic acids is 1. The average Bonchev–Trinajstić information content (AvgIpc) is 2.28. The van der Waals surface area contributed by atoms with Gasteiger partial charge in [-0.1, -0.05) is 12.1 Å². The van der Waals surface area contributed by atoms with E-state index in [1.807, 2.05) is 0 Å². The zero-order valence-corrected chi connectivity index (χ0v) is 8.71. The number of methoxy groups -OCH3 is 1. The van der Waals surface area contributed by atoms with E-state index in [2.05, 4.69) is 0 Å². The van der Waals surface area contributed by atoms with Crippen LogP contribution in [0.15, 0.2) is 24.3 Å². The zero-order valence-electron chi connectivity index (χ0n) is 8.71. The number of hydrogen-bond acceptors (Lipinski definition) is 4. The van der Waals surface area contributed by atoms with E-state index < -0.39 is 24.3 Å². The highest BCUT2D eigenvalue weighted by Gasteiger charge is 2.20. The van der Waals surface area contributed by atoms with Gasteiger partial charge in [0.2, 0.25) is 0 Å². The third kappa shape index (κ3) is 2.80. The SMILES string of the molecule is COc1ccccc1C(=O)CC(O)C(=O)O. The van der Waals surface area contributed by atoms with Gasteiger partial charge in [0.1, 0.15) is 5.75 Å². The van der Waals surface area contributed by atoms with Crippen LogP contribution in [-0.4, -0.2) is 35.2 Å². The average molecular weight is 224 g/mol. The number of aliphatic hydroxyl groups is 1. The van der Waals surface area contributed by atoms with Crippen LogP contribution in [0.1, 0.15) is 16.8 Å². The van der Waals surface area contributed by atoms with E-state index in [1.165, 1.54) is 13.2 Å². The van der Waals surface area contributed by atoms with E-state index in [-0.39, 0.29) is 5.56 Å². The summed E-state index contributed by atoms with van der Waals surface area (Å²) in [6.07, 6.45) is -2.15. The maximum Gasteiger partial charge on any atom is 0.332 e. The molecule has 1 atom stereocenters. The van der Waals surface area contributed by atoms with Gasteiger partial charge in [0, 0.05) is 6.42 Å². The molecule has 0 aliphatic rings. The third-order valence-electron chi connectivity index (χ3n) is 2.07. The fourth-order valence-corrected chi connectivity index (χ4v) is 1.25. The summed E-state index contributed by atoms with van der Waals surface area (Å²) in [5, 5.41) is 17.5. The Balaban J connectivity index is 2.84. The lowest BCUT2D eigenvalue weighted by atomic mass is 10.0. The maximum absolute atomic E-state index is 11.6. The second-order valence-electron chi connectivity index (χ2n) is 3.18. The van der Waals surface area contributed by atoms with Crippen LogP contribution in [0.3, 0.4) is 0 Å². The van der Waals surface area contributed by atoms with Gasteiger partial charge in [0.15, 0.2) is 11.9 Å². The smallest absolute Gasteiger partial charge is 0.332 e. The van der Waals surface area contributed by atoms with E-state index >= 15 is 0 Å². The van der Waals surface area contributed by atoms with Crippen LogP contribution in [0.4, 0.5) is 0 Å². The monoisotopic (exact) mass is 224 g/mol. The van der Waals surface area contributed by atoms with Crippen molar-refractivity contribution >= 4 is 11.8 Å². The normalized spacial score (nSPS) is 11.9. The lowest BCUT2D eigenvalue weighted by Gasteiger charge is -2.08. The van der Waals surface area contributed by atoms with Crippen molar-refractivity contribution in [3.63, 3.8) is 0 Å². The Morgan fingerprint density at radius 2 is 2.00 bits per heavy atom. The molecule has 0 aromatic heterocycles. The molecule has 0 fully saturated rings. The zero-order chi connectivity index (χ0) is 12.1. The van der Waals surface area contributed by atoms with Crippen LogP contribution in [0, 0.1) is 0 Å². The Morgan fingerprint density at radius 1 is 1.38 bits per heavy atom. The largest absolute Gasteiger partial charge is 0.496 e. The molecule has 86 valence electrons. The molecule has 1 unspecified atom stereocenters. The molecule has 16 heavy (non-hydrogen) atoms. The summed E-state index contributed by atoms with van der Waals surface area (Å²) in [6, 6.07) is 6.46. The molecule has 5 nitrogen and oxygen atoms in total. The van der Waals surface area contributed by atoms with Gasteiger partial charge < -0.3 is 14.9 Å². The molecule has 1 rings (SSSR count). The summed E-state index contributed by atoms with van der Waals surface area (Å²) in [6.45, 7) is 0. The number of benzene rings is 1. The van der Waals surface area contributed by atoms with Gasteiger partial charge in [-0.05, 0) is 12.1 Å². The minimum Gasteiger partial charge on any atom is -0.496 e. The summed E-state index contributed by atoms with van der Waals surface area (Å²) >= 11 is 0. The van der Waals surface area contributed by atoms with Crippen LogP contribution in [-0.2, 0) is 4.79 Å². The minimum atomic E-state index is -1.68. The number of rotatable bonds is 5. The van der Waals surface area contributed by atoms with Crippen LogP contribution >= 0.6 is 0 Å². The molecular weight excluding hydrogens is 212 g/mol. The molecular formula is C11H12O5. The standard InChI is InChI=1S/C11H12O5/c1-16-10-5-3-2-4-7(10)8(12)6-9(13)11(14)15/h2-5,9,13H,6H2,1H3,(H,14,15). The molecule has 0 bridgehead atoms. The van der Waals surface area contributed by atoms with Crippen molar-refractivity contribution in [2.75, 3.05) is 7.11 Å². The van der Waals surface area contributed by atoms with Crippen LogP contribution in [0.25, 0.3) is 0 Å². The first-order valence-electron chi connectivity index (χ1n) is 4.63. The Hall–Kier alpha value is -1.88. The van der Waals surface area contributed by atoms with Crippen molar-refractivity contribution < 1.29 is 24.5 Å². The first-order chi connectivity index (χ1) is 7.56. The number of carbonyl (C=O) groups excluding carboxylic acids is 1. The van der Waals surface area contributed by atoms with E-state index in [1.54, 1.807) is 18.2 Å². The molecule has 5 heteroatoms. The van der Waals surface area contributed by atoms with Crippen molar-refractivity contribution in [2.24, 2.45) is 0 Å². The first-order valence-corrected chi connectivity index (χ1v) is 4.63. The molecule has 0 saturated heterocycles. The van der Waals surface area contributed by atoms with Crippen LogP contribution < -0.4 is 4.74 Å². The number of carbonyl (C=O) groups is 2. The Morgan fingerprint density at radius 3 is 2.56 bits per heavy atom.